The minimum Gasteiger partial charge on any atom is -0.497 e. The molecule has 2 aliphatic rings. The molecule has 4 aromatic rings. The van der Waals surface area contributed by atoms with E-state index in [1.807, 2.05) is 12.1 Å². The van der Waals surface area contributed by atoms with E-state index >= 15 is 0 Å². The first-order chi connectivity index (χ1) is 17.0. The topological polar surface area (TPSA) is 59.2 Å². The molecule has 0 amide bonds. The zero-order valence-corrected chi connectivity index (χ0v) is 21.0. The Bertz CT molecular complexity index is 1350. The SMILES string of the molecule is COc1ccc(Cc2nc3c(c4c2[nH]c2ccccc24)C(NCC2CCCO2)CC(C)(C)C3)cc1. The fraction of sp³-hybridized carbons (Fsp3) is 0.433. The highest BCUT2D eigenvalue weighted by molar-refractivity contribution is 6.10. The van der Waals surface area contributed by atoms with E-state index in [1.165, 1.54) is 45.0 Å². The maximum absolute atomic E-state index is 5.94. The van der Waals surface area contributed by atoms with Crippen molar-refractivity contribution in [3.63, 3.8) is 0 Å². The largest absolute Gasteiger partial charge is 0.497 e. The summed E-state index contributed by atoms with van der Waals surface area (Å²) in [5, 5.41) is 6.55. The Morgan fingerprint density at radius 3 is 2.74 bits per heavy atom. The van der Waals surface area contributed by atoms with E-state index < -0.39 is 0 Å². The van der Waals surface area contributed by atoms with Gasteiger partial charge in [0.05, 0.1) is 24.4 Å². The Morgan fingerprint density at radius 1 is 1.14 bits per heavy atom. The summed E-state index contributed by atoms with van der Waals surface area (Å²) in [5.74, 6) is 0.879. The Labute approximate surface area is 207 Å². The smallest absolute Gasteiger partial charge is 0.118 e. The summed E-state index contributed by atoms with van der Waals surface area (Å²) in [6.07, 6.45) is 5.52. The number of methoxy groups -OCH3 is 1. The fourth-order valence-electron chi connectivity index (χ4n) is 6.07. The van der Waals surface area contributed by atoms with Crippen LogP contribution in [0.1, 0.15) is 61.7 Å². The van der Waals surface area contributed by atoms with E-state index in [2.05, 4.69) is 60.5 Å². The van der Waals surface area contributed by atoms with Crippen LogP contribution in [0.2, 0.25) is 0 Å². The molecule has 0 spiro atoms. The van der Waals surface area contributed by atoms with Crippen LogP contribution in [0, 0.1) is 5.41 Å². The third-order valence-corrected chi connectivity index (χ3v) is 7.74. The van der Waals surface area contributed by atoms with Gasteiger partial charge in [-0.2, -0.15) is 0 Å². The molecule has 5 nitrogen and oxygen atoms in total. The van der Waals surface area contributed by atoms with Crippen molar-refractivity contribution in [2.24, 2.45) is 5.41 Å². The van der Waals surface area contributed by atoms with Gasteiger partial charge in [0.1, 0.15) is 5.75 Å². The molecular formula is C30H35N3O2. The number of H-pyrrole nitrogens is 1. The van der Waals surface area contributed by atoms with Crippen molar-refractivity contribution < 1.29 is 9.47 Å². The molecule has 2 aromatic carbocycles. The molecule has 0 saturated carbocycles. The van der Waals surface area contributed by atoms with Gasteiger partial charge in [0.2, 0.25) is 0 Å². The van der Waals surface area contributed by atoms with E-state index in [4.69, 9.17) is 14.5 Å². The van der Waals surface area contributed by atoms with Crippen LogP contribution in [0.4, 0.5) is 0 Å². The van der Waals surface area contributed by atoms with Gasteiger partial charge in [-0.05, 0) is 54.9 Å². The van der Waals surface area contributed by atoms with Gasteiger partial charge in [0, 0.05) is 53.2 Å². The van der Waals surface area contributed by atoms with E-state index in [0.29, 0.717) is 6.10 Å². The van der Waals surface area contributed by atoms with Gasteiger partial charge in [-0.3, -0.25) is 4.98 Å². The molecule has 182 valence electrons. The molecular weight excluding hydrogens is 434 g/mol. The highest BCUT2D eigenvalue weighted by Gasteiger charge is 2.36. The Hall–Kier alpha value is -2.89. The minimum absolute atomic E-state index is 0.186. The number of nitrogens with zero attached hydrogens (tertiary/aromatic N) is 1. The van der Waals surface area contributed by atoms with E-state index in [0.717, 1.165) is 50.3 Å². The maximum atomic E-state index is 5.94. The van der Waals surface area contributed by atoms with Gasteiger partial charge in [-0.25, -0.2) is 0 Å². The number of para-hydroxylation sites is 1. The molecule has 2 unspecified atom stereocenters. The summed E-state index contributed by atoms with van der Waals surface area (Å²) in [5.41, 5.74) is 7.52. The van der Waals surface area contributed by atoms with Crippen LogP contribution in [0.5, 0.6) is 5.75 Å². The Morgan fingerprint density at radius 2 is 1.97 bits per heavy atom. The molecule has 35 heavy (non-hydrogen) atoms. The second-order valence-corrected chi connectivity index (χ2v) is 11.0. The monoisotopic (exact) mass is 469 g/mol. The summed E-state index contributed by atoms with van der Waals surface area (Å²) in [4.78, 5) is 9.10. The summed E-state index contributed by atoms with van der Waals surface area (Å²) in [6.45, 7) is 6.54. The average Bonchev–Trinajstić information content (AvgIpc) is 3.50. The molecule has 3 heterocycles. The second kappa shape index (κ2) is 8.96. The first-order valence-corrected chi connectivity index (χ1v) is 12.9. The van der Waals surface area contributed by atoms with Crippen molar-refractivity contribution in [3.8, 4) is 5.75 Å². The lowest BCUT2D eigenvalue weighted by Crippen LogP contribution is -2.37. The summed E-state index contributed by atoms with van der Waals surface area (Å²) < 4.78 is 11.3. The number of aromatic amines is 1. The van der Waals surface area contributed by atoms with Crippen LogP contribution in [-0.2, 0) is 17.6 Å². The number of benzene rings is 2. The molecule has 5 heteroatoms. The van der Waals surface area contributed by atoms with Gasteiger partial charge in [-0.15, -0.1) is 0 Å². The predicted molar refractivity (Wildman–Crippen MR) is 141 cm³/mol. The van der Waals surface area contributed by atoms with Crippen LogP contribution in [0.3, 0.4) is 0 Å². The quantitative estimate of drug-likeness (QED) is 0.358. The standard InChI is InChI=1S/C30H35N3O2/c1-30(2)16-25(31-18-21-7-6-14-35-21)28-26(17-30)32-24(15-19-10-12-20(34-3)13-11-19)29-27(28)22-8-4-5-9-23(22)33-29/h4-5,8-13,21,25,31,33H,6-7,14-18H2,1-3H3. The normalized spacial score (nSPS) is 21.5. The Kier molecular flexibility index (Phi) is 5.78. The molecule has 0 radical (unpaired) electrons. The highest BCUT2D eigenvalue weighted by atomic mass is 16.5. The summed E-state index contributed by atoms with van der Waals surface area (Å²) in [7, 11) is 1.71. The number of aromatic nitrogens is 2. The van der Waals surface area contributed by atoms with E-state index in [1.54, 1.807) is 7.11 Å². The lowest BCUT2D eigenvalue weighted by molar-refractivity contribution is 0.104. The van der Waals surface area contributed by atoms with E-state index in [9.17, 15) is 0 Å². The first-order valence-electron chi connectivity index (χ1n) is 12.9. The lowest BCUT2D eigenvalue weighted by atomic mass is 9.72. The molecule has 2 atom stereocenters. The zero-order chi connectivity index (χ0) is 24.0. The van der Waals surface area contributed by atoms with Crippen molar-refractivity contribution >= 4 is 21.8 Å². The van der Waals surface area contributed by atoms with Gasteiger partial charge in [0.25, 0.3) is 0 Å². The second-order valence-electron chi connectivity index (χ2n) is 11.0. The number of fused-ring (bicyclic) bond motifs is 5. The van der Waals surface area contributed by atoms with E-state index in [-0.39, 0.29) is 11.5 Å². The predicted octanol–water partition coefficient (Wildman–Crippen LogP) is 6.10. The van der Waals surface area contributed by atoms with Crippen molar-refractivity contribution in [2.45, 2.75) is 58.1 Å². The molecule has 2 aromatic heterocycles. The fourth-order valence-corrected chi connectivity index (χ4v) is 6.07. The number of rotatable bonds is 6. The van der Waals surface area contributed by atoms with Gasteiger partial charge < -0.3 is 19.8 Å². The zero-order valence-electron chi connectivity index (χ0n) is 21.0. The minimum atomic E-state index is 0.186. The van der Waals surface area contributed by atoms with Gasteiger partial charge in [-0.1, -0.05) is 44.2 Å². The number of ether oxygens (including phenoxy) is 2. The van der Waals surface area contributed by atoms with Crippen LogP contribution in [-0.4, -0.2) is 36.3 Å². The molecule has 2 N–H and O–H groups in total. The number of hydrogen-bond donors (Lipinski definition) is 2. The average molecular weight is 470 g/mol. The first kappa shape index (κ1) is 22.6. The number of pyridine rings is 1. The highest BCUT2D eigenvalue weighted by Crippen LogP contribution is 2.45. The third kappa shape index (κ3) is 4.32. The molecule has 6 rings (SSSR count). The maximum Gasteiger partial charge on any atom is 0.118 e. The molecule has 1 aliphatic carbocycles. The van der Waals surface area contributed by atoms with Crippen molar-refractivity contribution in [2.75, 3.05) is 20.3 Å². The third-order valence-electron chi connectivity index (χ3n) is 7.74. The van der Waals surface area contributed by atoms with Crippen molar-refractivity contribution in [1.82, 2.24) is 15.3 Å². The molecule has 1 saturated heterocycles. The summed E-state index contributed by atoms with van der Waals surface area (Å²) >= 11 is 0. The lowest BCUT2D eigenvalue weighted by Gasteiger charge is -2.38. The van der Waals surface area contributed by atoms with Crippen molar-refractivity contribution in [1.29, 1.82) is 0 Å². The number of nitrogens with one attached hydrogen (secondary N) is 2. The Balaban J connectivity index is 1.48. The van der Waals surface area contributed by atoms with Crippen LogP contribution in [0.15, 0.2) is 48.5 Å². The molecule has 1 fully saturated rings. The number of hydrogen-bond acceptors (Lipinski definition) is 4. The van der Waals surface area contributed by atoms with Crippen LogP contribution >= 0.6 is 0 Å². The van der Waals surface area contributed by atoms with Gasteiger partial charge >= 0.3 is 0 Å². The van der Waals surface area contributed by atoms with Crippen molar-refractivity contribution in [3.05, 3.63) is 71.0 Å². The van der Waals surface area contributed by atoms with Crippen LogP contribution in [0.25, 0.3) is 21.8 Å². The van der Waals surface area contributed by atoms with Gasteiger partial charge in [0.15, 0.2) is 0 Å². The molecule has 0 bridgehead atoms. The van der Waals surface area contributed by atoms with Crippen LogP contribution < -0.4 is 10.1 Å². The summed E-state index contributed by atoms with van der Waals surface area (Å²) in [6, 6.07) is 17.3. The molecule has 1 aliphatic heterocycles.